The van der Waals surface area contributed by atoms with Gasteiger partial charge < -0.3 is 9.47 Å². The molecule has 1 heterocycles. The molecule has 1 aliphatic rings. The van der Waals surface area contributed by atoms with Gasteiger partial charge in [-0.25, -0.2) is 4.98 Å². The first-order valence-corrected chi connectivity index (χ1v) is 8.61. The molecule has 140 valence electrons. The molecule has 1 aliphatic carbocycles. The van der Waals surface area contributed by atoms with E-state index in [4.69, 9.17) is 9.47 Å². The summed E-state index contributed by atoms with van der Waals surface area (Å²) >= 11 is 0. The van der Waals surface area contributed by atoms with Crippen LogP contribution in [-0.2, 0) is 31.9 Å². The largest absolute Gasteiger partial charge is 0.468 e. The van der Waals surface area contributed by atoms with E-state index in [0.29, 0.717) is 22.5 Å². The lowest BCUT2D eigenvalue weighted by molar-refractivity contribution is -0.168. The highest BCUT2D eigenvalue weighted by molar-refractivity contribution is 6.09. The number of carbonyl (C=O) groups excluding carboxylic acids is 3. The van der Waals surface area contributed by atoms with Crippen molar-refractivity contribution in [2.45, 2.75) is 26.7 Å². The van der Waals surface area contributed by atoms with E-state index in [1.54, 1.807) is 38.1 Å². The molecule has 0 fully saturated rings. The van der Waals surface area contributed by atoms with Gasteiger partial charge in [0.1, 0.15) is 5.69 Å². The van der Waals surface area contributed by atoms with Crippen molar-refractivity contribution in [1.82, 2.24) is 4.98 Å². The first-order chi connectivity index (χ1) is 12.9. The Bertz CT molecular complexity index is 917. The van der Waals surface area contributed by atoms with Crippen LogP contribution in [0, 0.1) is 19.3 Å². The molecule has 0 radical (unpaired) electrons. The summed E-state index contributed by atoms with van der Waals surface area (Å²) in [5.41, 5.74) is 2.34. The first kappa shape index (κ1) is 18.8. The Morgan fingerprint density at radius 1 is 0.926 bits per heavy atom. The highest BCUT2D eigenvalue weighted by atomic mass is 16.5. The second-order valence-corrected chi connectivity index (χ2v) is 6.74. The van der Waals surface area contributed by atoms with Gasteiger partial charge in [-0.3, -0.25) is 14.4 Å². The highest BCUT2D eigenvalue weighted by Crippen LogP contribution is 2.42. The van der Waals surface area contributed by atoms with E-state index in [-0.39, 0.29) is 18.6 Å². The van der Waals surface area contributed by atoms with Crippen LogP contribution >= 0.6 is 0 Å². The molecular formula is C21H21NO5. The van der Waals surface area contributed by atoms with Crippen molar-refractivity contribution in [2.24, 2.45) is 5.41 Å². The number of fused-ring (bicyclic) bond motifs is 1. The van der Waals surface area contributed by atoms with Gasteiger partial charge in [-0.15, -0.1) is 0 Å². The van der Waals surface area contributed by atoms with Gasteiger partial charge in [0.15, 0.2) is 5.41 Å². The van der Waals surface area contributed by atoms with Crippen molar-refractivity contribution in [2.75, 3.05) is 14.2 Å². The third-order valence-corrected chi connectivity index (χ3v) is 5.25. The third-order valence-electron chi connectivity index (χ3n) is 5.25. The number of pyridine rings is 1. The molecular weight excluding hydrogens is 346 g/mol. The molecule has 2 aromatic rings. The average molecular weight is 367 g/mol. The number of aryl methyl sites for hydroxylation is 1. The van der Waals surface area contributed by atoms with Gasteiger partial charge in [0.05, 0.1) is 14.2 Å². The molecule has 6 nitrogen and oxygen atoms in total. The Hall–Kier alpha value is -3.02. The lowest BCUT2D eigenvalue weighted by Crippen LogP contribution is -2.42. The van der Waals surface area contributed by atoms with E-state index in [9.17, 15) is 14.4 Å². The van der Waals surface area contributed by atoms with Crippen molar-refractivity contribution in [3.8, 4) is 0 Å². The third kappa shape index (κ3) is 2.91. The molecule has 3 rings (SSSR count). The van der Waals surface area contributed by atoms with Crippen molar-refractivity contribution in [1.29, 1.82) is 0 Å². The molecule has 0 saturated heterocycles. The van der Waals surface area contributed by atoms with Crippen LogP contribution in [0.3, 0.4) is 0 Å². The number of hydrogen-bond acceptors (Lipinski definition) is 6. The SMILES string of the molecule is COC(=O)C1(C(=O)OC)Cc2c(C)nc(C(=O)c3ccccc3)c(C)c2C1. The molecule has 0 spiro atoms. The standard InChI is InChI=1S/C21H21NO5/c1-12-15-10-21(19(24)26-3,20(25)27-4)11-16(15)13(2)22-17(12)18(23)14-8-6-5-7-9-14/h5-9H,10-11H2,1-4H3. The van der Waals surface area contributed by atoms with Crippen molar-refractivity contribution >= 4 is 17.7 Å². The Labute approximate surface area is 157 Å². The van der Waals surface area contributed by atoms with Gasteiger partial charge in [-0.1, -0.05) is 30.3 Å². The fourth-order valence-corrected chi connectivity index (χ4v) is 3.76. The van der Waals surface area contributed by atoms with Crippen LogP contribution in [0.25, 0.3) is 0 Å². The maximum Gasteiger partial charge on any atom is 0.323 e. The topological polar surface area (TPSA) is 82.6 Å². The van der Waals surface area contributed by atoms with Gasteiger partial charge in [-0.05, 0) is 30.5 Å². The van der Waals surface area contributed by atoms with Gasteiger partial charge >= 0.3 is 11.9 Å². The number of hydrogen-bond donors (Lipinski definition) is 0. The first-order valence-electron chi connectivity index (χ1n) is 8.61. The van der Waals surface area contributed by atoms with E-state index in [2.05, 4.69) is 4.98 Å². The van der Waals surface area contributed by atoms with Crippen LogP contribution in [0.5, 0.6) is 0 Å². The van der Waals surface area contributed by atoms with E-state index in [0.717, 1.165) is 11.1 Å². The monoisotopic (exact) mass is 367 g/mol. The Morgan fingerprint density at radius 2 is 1.48 bits per heavy atom. The van der Waals surface area contributed by atoms with E-state index < -0.39 is 17.4 Å². The normalized spacial score (nSPS) is 14.4. The zero-order valence-corrected chi connectivity index (χ0v) is 15.8. The number of carbonyl (C=O) groups is 3. The summed E-state index contributed by atoms with van der Waals surface area (Å²) < 4.78 is 9.78. The van der Waals surface area contributed by atoms with Crippen LogP contribution < -0.4 is 0 Å². The summed E-state index contributed by atoms with van der Waals surface area (Å²) in [7, 11) is 2.50. The number of ether oxygens (including phenoxy) is 2. The molecule has 0 amide bonds. The molecule has 27 heavy (non-hydrogen) atoms. The second kappa shape index (κ2) is 6.95. The summed E-state index contributed by atoms with van der Waals surface area (Å²) in [6, 6.07) is 8.90. The average Bonchev–Trinajstić information content (AvgIpc) is 3.12. The number of methoxy groups -OCH3 is 2. The molecule has 1 aromatic carbocycles. The van der Waals surface area contributed by atoms with Gasteiger partial charge in [0, 0.05) is 24.1 Å². The zero-order chi connectivity index (χ0) is 19.8. The highest BCUT2D eigenvalue weighted by Gasteiger charge is 2.53. The van der Waals surface area contributed by atoms with E-state index in [1.807, 2.05) is 6.07 Å². The summed E-state index contributed by atoms with van der Waals surface area (Å²) in [6.45, 7) is 3.58. The lowest BCUT2D eigenvalue weighted by atomic mass is 9.84. The van der Waals surface area contributed by atoms with E-state index in [1.165, 1.54) is 14.2 Å². The Kier molecular flexibility index (Phi) is 4.83. The fourth-order valence-electron chi connectivity index (χ4n) is 3.76. The summed E-state index contributed by atoms with van der Waals surface area (Å²) in [4.78, 5) is 42.3. The van der Waals surface area contributed by atoms with Crippen LogP contribution in [0.15, 0.2) is 30.3 Å². The number of benzene rings is 1. The lowest BCUT2D eigenvalue weighted by Gasteiger charge is -2.22. The predicted octanol–water partition coefficient (Wildman–Crippen LogP) is 2.36. The Balaban J connectivity index is 2.11. The fraction of sp³-hybridized carbons (Fsp3) is 0.333. The quantitative estimate of drug-likeness (QED) is 0.469. The van der Waals surface area contributed by atoms with Crippen LogP contribution in [0.4, 0.5) is 0 Å². The number of aromatic nitrogens is 1. The number of esters is 2. The number of rotatable bonds is 4. The van der Waals surface area contributed by atoms with Crippen molar-refractivity contribution < 1.29 is 23.9 Å². The molecule has 0 bridgehead atoms. The van der Waals surface area contributed by atoms with Crippen LogP contribution in [-0.4, -0.2) is 36.9 Å². The minimum Gasteiger partial charge on any atom is -0.468 e. The smallest absolute Gasteiger partial charge is 0.323 e. The van der Waals surface area contributed by atoms with Crippen molar-refractivity contribution in [3.63, 3.8) is 0 Å². The molecule has 1 aromatic heterocycles. The van der Waals surface area contributed by atoms with Gasteiger partial charge in [-0.2, -0.15) is 0 Å². The minimum atomic E-state index is -1.43. The zero-order valence-electron chi connectivity index (χ0n) is 15.8. The summed E-state index contributed by atoms with van der Waals surface area (Å²) in [5, 5.41) is 0. The minimum absolute atomic E-state index is 0.131. The summed E-state index contributed by atoms with van der Waals surface area (Å²) in [5.74, 6) is -1.46. The maximum atomic E-state index is 12.9. The molecule has 6 heteroatoms. The van der Waals surface area contributed by atoms with Gasteiger partial charge in [0.25, 0.3) is 0 Å². The Morgan fingerprint density at radius 3 is 2.04 bits per heavy atom. The molecule has 0 aliphatic heterocycles. The molecule has 0 N–H and O–H groups in total. The predicted molar refractivity (Wildman–Crippen MR) is 97.5 cm³/mol. The second-order valence-electron chi connectivity index (χ2n) is 6.74. The van der Waals surface area contributed by atoms with Crippen LogP contribution in [0.2, 0.25) is 0 Å². The molecule has 0 unspecified atom stereocenters. The maximum absolute atomic E-state index is 12.9. The number of nitrogens with zero attached hydrogens (tertiary/aromatic N) is 1. The molecule has 0 atom stereocenters. The van der Waals surface area contributed by atoms with Crippen molar-refractivity contribution in [3.05, 3.63) is 64.0 Å². The van der Waals surface area contributed by atoms with E-state index >= 15 is 0 Å². The number of ketones is 1. The summed E-state index contributed by atoms with van der Waals surface area (Å²) in [6.07, 6.45) is 0.285. The van der Waals surface area contributed by atoms with Gasteiger partial charge in [0.2, 0.25) is 5.78 Å². The molecule has 0 saturated carbocycles. The van der Waals surface area contributed by atoms with Crippen LogP contribution in [0.1, 0.15) is 38.4 Å².